The van der Waals surface area contributed by atoms with E-state index in [0.717, 1.165) is 0 Å². The summed E-state index contributed by atoms with van der Waals surface area (Å²) in [5.41, 5.74) is 1.12. The Labute approximate surface area is 152 Å². The molecule has 1 amide bonds. The van der Waals surface area contributed by atoms with Crippen LogP contribution < -0.4 is 5.32 Å². The van der Waals surface area contributed by atoms with Gasteiger partial charge >= 0.3 is 0 Å². The molecule has 0 aliphatic rings. The number of nitrogens with one attached hydrogen (secondary N) is 1. The van der Waals surface area contributed by atoms with E-state index >= 15 is 0 Å². The highest BCUT2D eigenvalue weighted by Crippen LogP contribution is 2.25. The predicted octanol–water partition coefficient (Wildman–Crippen LogP) is 2.54. The highest BCUT2D eigenvalue weighted by Gasteiger charge is 2.20. The first kappa shape index (κ1) is 17.2. The van der Waals surface area contributed by atoms with Gasteiger partial charge in [-0.25, -0.2) is 4.98 Å². The molecule has 0 aliphatic carbocycles. The lowest BCUT2D eigenvalue weighted by molar-refractivity contribution is -0.115. The number of anilines is 1. The summed E-state index contributed by atoms with van der Waals surface area (Å²) < 4.78 is 1.49. The summed E-state index contributed by atoms with van der Waals surface area (Å²) in [6.07, 6.45) is 1.54. The van der Waals surface area contributed by atoms with Gasteiger partial charge in [-0.2, -0.15) is 4.68 Å². The van der Waals surface area contributed by atoms with E-state index in [2.05, 4.69) is 25.8 Å². The van der Waals surface area contributed by atoms with Crippen LogP contribution in [0, 0.1) is 0 Å². The van der Waals surface area contributed by atoms with Crippen LogP contribution in [0.2, 0.25) is 5.15 Å². The molecular formula is C15H13ClN6O2S. The monoisotopic (exact) mass is 376 g/mol. The van der Waals surface area contributed by atoms with Gasteiger partial charge in [0.25, 0.3) is 0 Å². The van der Waals surface area contributed by atoms with E-state index in [1.807, 2.05) is 0 Å². The highest BCUT2D eigenvalue weighted by atomic mass is 35.5. The molecule has 0 fully saturated rings. The summed E-state index contributed by atoms with van der Waals surface area (Å²) in [6.45, 7) is 1.74. The van der Waals surface area contributed by atoms with Gasteiger partial charge < -0.3 is 10.4 Å². The van der Waals surface area contributed by atoms with Crippen LogP contribution in [-0.4, -0.2) is 41.5 Å². The number of carbonyl (C=O) groups is 1. The zero-order valence-electron chi connectivity index (χ0n) is 13.0. The van der Waals surface area contributed by atoms with Crippen LogP contribution >= 0.6 is 23.4 Å². The van der Waals surface area contributed by atoms with Crippen LogP contribution in [0.25, 0.3) is 5.69 Å². The molecule has 0 bridgehead atoms. The van der Waals surface area contributed by atoms with Crippen LogP contribution in [0.15, 0.2) is 47.8 Å². The van der Waals surface area contributed by atoms with Crippen molar-refractivity contribution in [3.8, 4) is 11.4 Å². The van der Waals surface area contributed by atoms with Crippen molar-refractivity contribution in [3.63, 3.8) is 0 Å². The van der Waals surface area contributed by atoms with E-state index < -0.39 is 5.25 Å². The number of pyridine rings is 1. The van der Waals surface area contributed by atoms with E-state index in [1.165, 1.54) is 28.6 Å². The third-order valence-electron chi connectivity index (χ3n) is 3.20. The molecule has 1 atom stereocenters. The number of aromatic hydroxyl groups is 1. The van der Waals surface area contributed by atoms with E-state index in [-0.39, 0.29) is 16.8 Å². The van der Waals surface area contributed by atoms with Gasteiger partial charge in [0.05, 0.1) is 16.6 Å². The first-order valence-electron chi connectivity index (χ1n) is 7.20. The predicted molar refractivity (Wildman–Crippen MR) is 94.0 cm³/mol. The molecule has 1 aromatic carbocycles. The molecule has 0 unspecified atom stereocenters. The van der Waals surface area contributed by atoms with Crippen LogP contribution in [0.4, 0.5) is 5.69 Å². The molecule has 0 aliphatic heterocycles. The molecule has 8 nitrogen and oxygen atoms in total. The number of benzene rings is 1. The topological polar surface area (TPSA) is 106 Å². The Bertz CT molecular complexity index is 886. The van der Waals surface area contributed by atoms with Gasteiger partial charge in [-0.3, -0.25) is 4.79 Å². The van der Waals surface area contributed by atoms with Crippen molar-refractivity contribution in [3.05, 3.63) is 47.7 Å². The molecule has 0 saturated carbocycles. The minimum atomic E-state index is -0.474. The summed E-state index contributed by atoms with van der Waals surface area (Å²) in [6, 6.07) is 9.78. The van der Waals surface area contributed by atoms with Gasteiger partial charge in [0.1, 0.15) is 5.75 Å². The molecule has 2 aromatic heterocycles. The molecule has 2 heterocycles. The van der Waals surface area contributed by atoms with E-state index in [9.17, 15) is 9.90 Å². The molecule has 3 aromatic rings. The number of phenols is 1. The van der Waals surface area contributed by atoms with Gasteiger partial charge in [-0.1, -0.05) is 23.4 Å². The molecule has 25 heavy (non-hydrogen) atoms. The molecule has 10 heteroatoms. The quantitative estimate of drug-likeness (QED) is 0.520. The zero-order valence-corrected chi connectivity index (χ0v) is 14.6. The Morgan fingerprint density at radius 3 is 2.80 bits per heavy atom. The second-order valence-corrected chi connectivity index (χ2v) is 6.65. The Balaban J connectivity index is 1.72. The van der Waals surface area contributed by atoms with Crippen molar-refractivity contribution in [2.75, 3.05) is 5.32 Å². The lowest BCUT2D eigenvalue weighted by atomic mass is 10.3. The average Bonchev–Trinajstić information content (AvgIpc) is 3.05. The van der Waals surface area contributed by atoms with Crippen LogP contribution in [0.5, 0.6) is 5.75 Å². The summed E-state index contributed by atoms with van der Waals surface area (Å²) >= 11 is 7.14. The Hall–Kier alpha value is -2.65. The molecule has 3 rings (SSSR count). The van der Waals surface area contributed by atoms with Gasteiger partial charge in [0.15, 0.2) is 5.15 Å². The molecule has 0 saturated heterocycles. The maximum absolute atomic E-state index is 12.4. The minimum absolute atomic E-state index is 0.145. The maximum atomic E-state index is 12.4. The van der Waals surface area contributed by atoms with Crippen LogP contribution in [-0.2, 0) is 4.79 Å². The van der Waals surface area contributed by atoms with Crippen molar-refractivity contribution < 1.29 is 9.90 Å². The number of nitrogens with zero attached hydrogens (tertiary/aromatic N) is 5. The summed E-state index contributed by atoms with van der Waals surface area (Å²) in [5.74, 6) is -0.104. The average molecular weight is 377 g/mol. The summed E-state index contributed by atoms with van der Waals surface area (Å²) in [4.78, 5) is 16.3. The largest absolute Gasteiger partial charge is 0.508 e. The fraction of sp³-hybridized carbons (Fsp3) is 0.133. The molecule has 0 radical (unpaired) electrons. The standard InChI is InChI=1S/C15H13ClN6O2S/c1-9(14(24)18-12-3-2-8-17-13(12)16)25-15-19-20-21-22(15)10-4-6-11(23)7-5-10/h2-9,23H,1H3,(H,18,24)/t9-/m0/s1. The molecule has 2 N–H and O–H groups in total. The Morgan fingerprint density at radius 2 is 2.08 bits per heavy atom. The normalized spacial score (nSPS) is 11.9. The fourth-order valence-electron chi connectivity index (χ4n) is 1.93. The van der Waals surface area contributed by atoms with E-state index in [0.29, 0.717) is 16.5 Å². The first-order valence-corrected chi connectivity index (χ1v) is 8.46. The summed E-state index contributed by atoms with van der Waals surface area (Å²) in [7, 11) is 0. The van der Waals surface area contributed by atoms with Crippen molar-refractivity contribution in [2.24, 2.45) is 0 Å². The number of hydrogen-bond acceptors (Lipinski definition) is 7. The second kappa shape index (κ2) is 7.49. The minimum Gasteiger partial charge on any atom is -0.508 e. The van der Waals surface area contributed by atoms with Gasteiger partial charge in [-0.15, -0.1) is 5.10 Å². The maximum Gasteiger partial charge on any atom is 0.237 e. The van der Waals surface area contributed by atoms with Gasteiger partial charge in [0.2, 0.25) is 11.1 Å². The number of rotatable bonds is 5. The number of halogens is 1. The van der Waals surface area contributed by atoms with Crippen LogP contribution in [0.3, 0.4) is 0 Å². The number of thioether (sulfide) groups is 1. The van der Waals surface area contributed by atoms with Crippen molar-refractivity contribution in [1.29, 1.82) is 0 Å². The van der Waals surface area contributed by atoms with Gasteiger partial charge in [-0.05, 0) is 53.7 Å². The number of aromatic nitrogens is 5. The Morgan fingerprint density at radius 1 is 1.32 bits per heavy atom. The third-order valence-corrected chi connectivity index (χ3v) is 4.54. The van der Waals surface area contributed by atoms with Crippen molar-refractivity contribution in [1.82, 2.24) is 25.2 Å². The zero-order chi connectivity index (χ0) is 17.8. The van der Waals surface area contributed by atoms with E-state index in [4.69, 9.17) is 11.6 Å². The number of tetrazole rings is 1. The highest BCUT2D eigenvalue weighted by molar-refractivity contribution is 8.00. The molecular weight excluding hydrogens is 364 g/mol. The SMILES string of the molecule is C[C@H](Sc1nnnn1-c1ccc(O)cc1)C(=O)Nc1cccnc1Cl. The number of phenolic OH excluding ortho intramolecular Hbond substituents is 1. The Kier molecular flexibility index (Phi) is 5.15. The second-order valence-electron chi connectivity index (χ2n) is 4.98. The van der Waals surface area contributed by atoms with Gasteiger partial charge in [0, 0.05) is 6.20 Å². The lowest BCUT2D eigenvalue weighted by Crippen LogP contribution is -2.23. The first-order chi connectivity index (χ1) is 12.0. The number of hydrogen-bond donors (Lipinski definition) is 2. The van der Waals surface area contributed by atoms with Crippen molar-refractivity contribution >= 4 is 35.0 Å². The molecule has 128 valence electrons. The fourth-order valence-corrected chi connectivity index (χ4v) is 2.91. The van der Waals surface area contributed by atoms with Crippen LogP contribution in [0.1, 0.15) is 6.92 Å². The summed E-state index contributed by atoms with van der Waals surface area (Å²) in [5, 5.41) is 23.8. The lowest BCUT2D eigenvalue weighted by Gasteiger charge is -2.12. The molecule has 0 spiro atoms. The number of amides is 1. The van der Waals surface area contributed by atoms with E-state index in [1.54, 1.807) is 37.4 Å². The smallest absolute Gasteiger partial charge is 0.237 e. The number of carbonyl (C=O) groups excluding carboxylic acids is 1. The van der Waals surface area contributed by atoms with Crippen molar-refractivity contribution in [2.45, 2.75) is 17.3 Å². The third kappa shape index (κ3) is 4.06.